The molecule has 0 spiro atoms. The van der Waals surface area contributed by atoms with Crippen molar-refractivity contribution in [3.8, 4) is 11.5 Å². The number of para-hydroxylation sites is 1. The molecule has 230 valence electrons. The minimum absolute atomic E-state index is 0.00483. The Morgan fingerprint density at radius 3 is 1.95 bits per heavy atom. The van der Waals surface area contributed by atoms with Crippen molar-refractivity contribution in [3.05, 3.63) is 121 Å². The Labute approximate surface area is 258 Å². The molecule has 4 rings (SSSR count). The second-order valence-electron chi connectivity index (χ2n) is 10.7. The van der Waals surface area contributed by atoms with Gasteiger partial charge in [0, 0.05) is 13.1 Å². The largest absolute Gasteiger partial charge is 0.457 e. The van der Waals surface area contributed by atoms with Crippen molar-refractivity contribution in [1.29, 1.82) is 0 Å². The van der Waals surface area contributed by atoms with Crippen LogP contribution in [-0.2, 0) is 26.2 Å². The molecule has 44 heavy (non-hydrogen) atoms. The van der Waals surface area contributed by atoms with Gasteiger partial charge in [0.15, 0.2) is 0 Å². The number of amides is 2. The average Bonchev–Trinajstić information content (AvgIpc) is 3.03. The molecular weight excluding hydrogens is 581 g/mol. The lowest BCUT2D eigenvalue weighted by Crippen LogP contribution is -2.51. The van der Waals surface area contributed by atoms with E-state index in [-0.39, 0.29) is 29.0 Å². The molecule has 0 fully saturated rings. The molecule has 0 aromatic heterocycles. The van der Waals surface area contributed by atoms with Gasteiger partial charge in [-0.3, -0.25) is 13.9 Å². The highest BCUT2D eigenvalue weighted by Crippen LogP contribution is 2.28. The number of hydrogen-bond acceptors (Lipinski definition) is 5. The number of benzene rings is 4. The molecule has 0 radical (unpaired) electrons. The number of sulfonamides is 1. The van der Waals surface area contributed by atoms with Crippen LogP contribution in [0.15, 0.2) is 114 Å². The summed E-state index contributed by atoms with van der Waals surface area (Å²) < 4.78 is 48.4. The summed E-state index contributed by atoms with van der Waals surface area (Å²) in [4.78, 5) is 28.4. The number of ether oxygens (including phenoxy) is 1. The summed E-state index contributed by atoms with van der Waals surface area (Å²) in [5.74, 6) is -0.135. The molecule has 0 aliphatic carbocycles. The summed E-state index contributed by atoms with van der Waals surface area (Å²) >= 11 is 0. The lowest BCUT2D eigenvalue weighted by molar-refractivity contribution is -0.139. The maximum atomic E-state index is 14.0. The molecule has 0 heterocycles. The Morgan fingerprint density at radius 1 is 0.795 bits per heavy atom. The molecule has 2 amide bonds. The Balaban J connectivity index is 1.67. The molecule has 10 heteroatoms. The van der Waals surface area contributed by atoms with Crippen LogP contribution < -0.4 is 14.4 Å². The Kier molecular flexibility index (Phi) is 10.7. The van der Waals surface area contributed by atoms with Crippen molar-refractivity contribution in [2.45, 2.75) is 38.3 Å². The second-order valence-corrected chi connectivity index (χ2v) is 12.6. The molecule has 0 saturated heterocycles. The van der Waals surface area contributed by atoms with Crippen LogP contribution in [0, 0.1) is 11.7 Å². The zero-order valence-electron chi connectivity index (χ0n) is 24.9. The SMILES string of the molecule is CC(C)CNC(=O)[C@H](C)N(Cc1ccc(F)cc1)C(=O)CN(c1ccc(Oc2ccccc2)cc1)S(=O)(=O)c1ccccc1. The predicted octanol–water partition coefficient (Wildman–Crippen LogP) is 6.00. The van der Waals surface area contributed by atoms with E-state index in [1.807, 2.05) is 32.0 Å². The molecule has 0 saturated carbocycles. The predicted molar refractivity (Wildman–Crippen MR) is 168 cm³/mol. The normalized spacial score (nSPS) is 11.9. The van der Waals surface area contributed by atoms with Gasteiger partial charge >= 0.3 is 0 Å². The van der Waals surface area contributed by atoms with Crippen LogP contribution in [-0.4, -0.2) is 44.3 Å². The molecule has 4 aromatic carbocycles. The van der Waals surface area contributed by atoms with Gasteiger partial charge in [-0.05, 0) is 79.1 Å². The van der Waals surface area contributed by atoms with Crippen molar-refractivity contribution in [3.63, 3.8) is 0 Å². The number of carbonyl (C=O) groups is 2. The van der Waals surface area contributed by atoms with Gasteiger partial charge in [-0.2, -0.15) is 0 Å². The third kappa shape index (κ3) is 8.44. The van der Waals surface area contributed by atoms with E-state index >= 15 is 0 Å². The first-order valence-electron chi connectivity index (χ1n) is 14.3. The smallest absolute Gasteiger partial charge is 0.264 e. The van der Waals surface area contributed by atoms with Gasteiger partial charge in [0.1, 0.15) is 29.9 Å². The molecule has 0 bridgehead atoms. The maximum absolute atomic E-state index is 14.0. The molecule has 0 unspecified atom stereocenters. The van der Waals surface area contributed by atoms with Crippen LogP contribution in [0.2, 0.25) is 0 Å². The number of hydrogen-bond donors (Lipinski definition) is 1. The Morgan fingerprint density at radius 2 is 1.36 bits per heavy atom. The average molecular weight is 618 g/mol. The van der Waals surface area contributed by atoms with Crippen LogP contribution >= 0.6 is 0 Å². The van der Waals surface area contributed by atoms with E-state index in [0.717, 1.165) is 4.31 Å². The molecule has 0 aliphatic heterocycles. The number of nitrogens with one attached hydrogen (secondary N) is 1. The first-order valence-corrected chi connectivity index (χ1v) is 15.7. The van der Waals surface area contributed by atoms with Crippen LogP contribution in [0.3, 0.4) is 0 Å². The van der Waals surface area contributed by atoms with E-state index in [2.05, 4.69) is 5.32 Å². The summed E-state index contributed by atoms with van der Waals surface area (Å²) in [7, 11) is -4.21. The third-order valence-corrected chi connectivity index (χ3v) is 8.62. The quantitative estimate of drug-likeness (QED) is 0.199. The van der Waals surface area contributed by atoms with E-state index < -0.39 is 34.3 Å². The Hall–Kier alpha value is -4.70. The van der Waals surface area contributed by atoms with Crippen LogP contribution in [0.25, 0.3) is 0 Å². The molecule has 8 nitrogen and oxygen atoms in total. The fourth-order valence-corrected chi connectivity index (χ4v) is 5.81. The van der Waals surface area contributed by atoms with Crippen molar-refractivity contribution in [2.75, 3.05) is 17.4 Å². The fraction of sp³-hybridized carbons (Fsp3) is 0.235. The summed E-state index contributed by atoms with van der Waals surface area (Å²) in [5.41, 5.74) is 0.824. The van der Waals surface area contributed by atoms with E-state index in [4.69, 9.17) is 4.74 Å². The van der Waals surface area contributed by atoms with Crippen molar-refractivity contribution in [1.82, 2.24) is 10.2 Å². The van der Waals surface area contributed by atoms with Crippen molar-refractivity contribution >= 4 is 27.5 Å². The lowest BCUT2D eigenvalue weighted by atomic mass is 10.1. The molecule has 4 aromatic rings. The maximum Gasteiger partial charge on any atom is 0.264 e. The highest BCUT2D eigenvalue weighted by molar-refractivity contribution is 7.92. The Bertz CT molecular complexity index is 1630. The number of carbonyl (C=O) groups excluding carboxylic acids is 2. The lowest BCUT2D eigenvalue weighted by Gasteiger charge is -2.32. The standard InChI is InChI=1S/C34H36FN3O5S/c1-25(2)22-36-34(40)26(3)37(23-27-14-16-28(35)17-15-27)33(39)24-38(44(41,42)32-12-8-5-9-13-32)29-18-20-31(21-19-29)43-30-10-6-4-7-11-30/h4-21,25-26H,22-24H2,1-3H3,(H,36,40)/t26-/m0/s1. The monoisotopic (exact) mass is 617 g/mol. The highest BCUT2D eigenvalue weighted by atomic mass is 32.2. The molecule has 1 N–H and O–H groups in total. The van der Waals surface area contributed by atoms with Gasteiger partial charge in [-0.15, -0.1) is 0 Å². The first-order chi connectivity index (χ1) is 21.0. The molecule has 1 atom stereocenters. The van der Waals surface area contributed by atoms with E-state index in [1.54, 1.807) is 61.5 Å². The van der Waals surface area contributed by atoms with Gasteiger partial charge < -0.3 is 15.0 Å². The zero-order chi connectivity index (χ0) is 31.7. The third-order valence-electron chi connectivity index (χ3n) is 6.83. The van der Waals surface area contributed by atoms with Crippen LogP contribution in [0.5, 0.6) is 11.5 Å². The number of halogens is 1. The summed E-state index contributed by atoms with van der Waals surface area (Å²) in [6, 6.07) is 28.0. The minimum Gasteiger partial charge on any atom is -0.457 e. The minimum atomic E-state index is -4.21. The van der Waals surface area contributed by atoms with E-state index in [0.29, 0.717) is 23.6 Å². The summed E-state index contributed by atoms with van der Waals surface area (Å²) in [6.45, 7) is 5.29. The zero-order valence-corrected chi connectivity index (χ0v) is 25.7. The van der Waals surface area contributed by atoms with E-state index in [1.165, 1.54) is 41.3 Å². The summed E-state index contributed by atoms with van der Waals surface area (Å²) in [6.07, 6.45) is 0. The molecule has 0 aliphatic rings. The van der Waals surface area contributed by atoms with Crippen LogP contribution in [0.1, 0.15) is 26.3 Å². The topological polar surface area (TPSA) is 96.0 Å². The second kappa shape index (κ2) is 14.7. The van der Waals surface area contributed by atoms with Crippen LogP contribution in [0.4, 0.5) is 10.1 Å². The van der Waals surface area contributed by atoms with Gasteiger partial charge in [0.25, 0.3) is 10.0 Å². The van der Waals surface area contributed by atoms with E-state index in [9.17, 15) is 22.4 Å². The fourth-order valence-electron chi connectivity index (χ4n) is 4.38. The molecular formula is C34H36FN3O5S. The van der Waals surface area contributed by atoms with Gasteiger partial charge in [-0.25, -0.2) is 12.8 Å². The number of nitrogens with zero attached hydrogens (tertiary/aromatic N) is 2. The first kappa shape index (κ1) is 32.2. The van der Waals surface area contributed by atoms with Crippen molar-refractivity contribution in [2.24, 2.45) is 5.92 Å². The van der Waals surface area contributed by atoms with Gasteiger partial charge in [0.05, 0.1) is 10.6 Å². The number of anilines is 1. The number of rotatable bonds is 13. The van der Waals surface area contributed by atoms with Crippen molar-refractivity contribution < 1.29 is 27.1 Å². The summed E-state index contributed by atoms with van der Waals surface area (Å²) in [5, 5.41) is 2.84. The van der Waals surface area contributed by atoms with Gasteiger partial charge in [-0.1, -0.05) is 62.4 Å². The highest BCUT2D eigenvalue weighted by Gasteiger charge is 2.32. The van der Waals surface area contributed by atoms with Gasteiger partial charge in [0.2, 0.25) is 11.8 Å².